The lowest BCUT2D eigenvalue weighted by atomic mass is 9.40. The van der Waals surface area contributed by atoms with Crippen molar-refractivity contribution in [1.82, 2.24) is 10.2 Å². The van der Waals surface area contributed by atoms with Gasteiger partial charge in [0.05, 0.1) is 5.57 Å². The summed E-state index contributed by atoms with van der Waals surface area (Å²) in [6, 6.07) is 2.18. The van der Waals surface area contributed by atoms with Crippen molar-refractivity contribution in [3.8, 4) is 6.07 Å². The van der Waals surface area contributed by atoms with Gasteiger partial charge in [0.25, 0.3) is 0 Å². The van der Waals surface area contributed by atoms with E-state index in [0.29, 0.717) is 12.3 Å². The van der Waals surface area contributed by atoms with Gasteiger partial charge in [0.2, 0.25) is 12.3 Å². The summed E-state index contributed by atoms with van der Waals surface area (Å²) in [6.45, 7) is 19.9. The molecule has 0 unspecified atom stereocenters. The second-order valence-electron chi connectivity index (χ2n) is 15.4. The van der Waals surface area contributed by atoms with Gasteiger partial charge in [-0.2, -0.15) is 5.26 Å². The van der Waals surface area contributed by atoms with Crippen LogP contribution >= 0.6 is 0 Å². The summed E-state index contributed by atoms with van der Waals surface area (Å²) in [5.41, 5.74) is -0.432. The molecule has 1 aromatic rings. The lowest BCUT2D eigenvalue weighted by Gasteiger charge is -2.63. The summed E-state index contributed by atoms with van der Waals surface area (Å²) in [4.78, 5) is 26.7. The number of allylic oxidation sites excluding steroid dienone is 4. The van der Waals surface area contributed by atoms with Gasteiger partial charge in [-0.25, -0.2) is 0 Å². The summed E-state index contributed by atoms with van der Waals surface area (Å²) < 4.78 is 5.82. The molecule has 0 aromatic carbocycles. The van der Waals surface area contributed by atoms with E-state index < -0.39 is 10.8 Å². The lowest BCUT2D eigenvalue weighted by molar-refractivity contribution is -0.133. The van der Waals surface area contributed by atoms with E-state index in [-0.39, 0.29) is 44.7 Å². The third kappa shape index (κ3) is 4.82. The van der Waals surface area contributed by atoms with Crippen LogP contribution in [0.4, 0.5) is 0 Å². The number of nitriles is 1. The van der Waals surface area contributed by atoms with Gasteiger partial charge in [-0.3, -0.25) is 9.59 Å². The largest absolute Gasteiger partial charge is 0.427 e. The van der Waals surface area contributed by atoms with Crippen LogP contribution in [0.3, 0.4) is 0 Å². The molecule has 1 saturated carbocycles. The van der Waals surface area contributed by atoms with E-state index >= 15 is 0 Å². The van der Waals surface area contributed by atoms with Gasteiger partial charge in [0, 0.05) is 22.7 Å². The minimum atomic E-state index is -0.657. The van der Waals surface area contributed by atoms with E-state index in [0.717, 1.165) is 50.5 Å². The molecule has 0 saturated heterocycles. The number of ketones is 2. The Kier molecular flexibility index (Phi) is 7.65. The summed E-state index contributed by atoms with van der Waals surface area (Å²) in [5.74, 6) is 0.787. The molecular formula is C34H49N3O3. The molecule has 5 atom stereocenters. The van der Waals surface area contributed by atoms with E-state index in [2.05, 4.69) is 64.7 Å². The van der Waals surface area contributed by atoms with Gasteiger partial charge in [-0.15, -0.1) is 10.2 Å². The molecule has 6 nitrogen and oxygen atoms in total. The average Bonchev–Trinajstić information content (AvgIpc) is 3.42. The van der Waals surface area contributed by atoms with Crippen LogP contribution in [0.25, 0.3) is 0 Å². The smallest absolute Gasteiger partial charge is 0.222 e. The van der Waals surface area contributed by atoms with Crippen LogP contribution in [0.2, 0.25) is 0 Å². The Morgan fingerprint density at radius 2 is 1.77 bits per heavy atom. The SMILES string of the molecule is CCCC(C)(C)CC[C@@](C)(CC[C@]1(C)CC(=O)C=C2[C@@]3(C)C=C(C#N)C(=O)C(C)(C)[C@@H]3CC[C@]21C)c1nnco1. The number of rotatable bonds is 9. The van der Waals surface area contributed by atoms with Gasteiger partial charge in [0.15, 0.2) is 11.6 Å². The second kappa shape index (κ2) is 10.1. The number of aromatic nitrogens is 2. The lowest BCUT2D eigenvalue weighted by Crippen LogP contribution is -2.57. The van der Waals surface area contributed by atoms with E-state index in [4.69, 9.17) is 4.42 Å². The maximum Gasteiger partial charge on any atom is 0.222 e. The summed E-state index contributed by atoms with van der Waals surface area (Å²) >= 11 is 0. The van der Waals surface area contributed by atoms with Crippen molar-refractivity contribution in [3.05, 3.63) is 35.6 Å². The fourth-order valence-electron chi connectivity index (χ4n) is 8.73. The Morgan fingerprint density at radius 3 is 2.38 bits per heavy atom. The Labute approximate surface area is 241 Å². The topological polar surface area (TPSA) is 96.8 Å². The molecule has 3 aliphatic rings. The van der Waals surface area contributed by atoms with Gasteiger partial charge in [-0.1, -0.05) is 80.4 Å². The third-order valence-corrected chi connectivity index (χ3v) is 11.7. The van der Waals surface area contributed by atoms with Gasteiger partial charge in [0.1, 0.15) is 6.07 Å². The first-order chi connectivity index (χ1) is 18.5. The monoisotopic (exact) mass is 547 g/mol. The fourth-order valence-corrected chi connectivity index (χ4v) is 8.73. The highest BCUT2D eigenvalue weighted by atomic mass is 16.4. The molecule has 3 aliphatic carbocycles. The zero-order valence-corrected chi connectivity index (χ0v) is 26.2. The normalized spacial score (nSPS) is 33.2. The van der Waals surface area contributed by atoms with Crippen molar-refractivity contribution in [2.24, 2.45) is 33.0 Å². The van der Waals surface area contributed by atoms with Crippen molar-refractivity contribution in [3.63, 3.8) is 0 Å². The first-order valence-electron chi connectivity index (χ1n) is 15.2. The standard InChI is InChI=1S/C34H49N3O3/c1-10-12-29(2,3)14-15-31(6,28-37-36-22-40-28)16-17-32(7)20-24(38)18-26-33(8)19-23(21-35)27(39)30(4,5)25(33)11-13-34(26,32)9/h18-19,22,25H,10-17,20H2,1-9H3/t25-,31-,32+,33-,34+/m0/s1. The summed E-state index contributed by atoms with van der Waals surface area (Å²) in [6.07, 6.45) is 13.5. The fraction of sp³-hybridized carbons (Fsp3) is 0.735. The Morgan fingerprint density at radius 1 is 1.07 bits per heavy atom. The van der Waals surface area contributed by atoms with Crippen LogP contribution in [0, 0.1) is 44.3 Å². The predicted octanol–water partition coefficient (Wildman–Crippen LogP) is 8.10. The Bertz CT molecular complexity index is 1270. The van der Waals surface area contributed by atoms with Crippen LogP contribution in [-0.2, 0) is 15.0 Å². The van der Waals surface area contributed by atoms with Crippen molar-refractivity contribution < 1.29 is 14.0 Å². The van der Waals surface area contributed by atoms with E-state index in [1.54, 1.807) is 0 Å². The Balaban J connectivity index is 1.70. The van der Waals surface area contributed by atoms with Crippen LogP contribution in [0.15, 0.2) is 34.1 Å². The van der Waals surface area contributed by atoms with Crippen molar-refractivity contribution in [2.75, 3.05) is 0 Å². The highest BCUT2D eigenvalue weighted by molar-refractivity contribution is 6.04. The number of carbonyl (C=O) groups is 2. The predicted molar refractivity (Wildman–Crippen MR) is 156 cm³/mol. The van der Waals surface area contributed by atoms with E-state index in [9.17, 15) is 14.9 Å². The molecule has 0 bridgehead atoms. The summed E-state index contributed by atoms with van der Waals surface area (Å²) in [5, 5.41) is 18.3. The van der Waals surface area contributed by atoms with Crippen molar-refractivity contribution in [2.45, 2.75) is 126 Å². The molecule has 0 spiro atoms. The van der Waals surface area contributed by atoms with Crippen LogP contribution in [0.1, 0.15) is 126 Å². The number of hydrogen-bond acceptors (Lipinski definition) is 6. The maximum atomic E-state index is 13.5. The average molecular weight is 548 g/mol. The number of Topliss-reactive ketones (excluding diaryl/α,β-unsaturated/α-hetero) is 1. The van der Waals surface area contributed by atoms with Gasteiger partial charge >= 0.3 is 0 Å². The number of hydrogen-bond donors (Lipinski definition) is 0. The molecule has 1 fully saturated rings. The highest BCUT2D eigenvalue weighted by Crippen LogP contribution is 2.69. The Hall–Kier alpha value is -2.55. The molecule has 4 rings (SSSR count). The van der Waals surface area contributed by atoms with Crippen LogP contribution in [-0.4, -0.2) is 21.8 Å². The van der Waals surface area contributed by atoms with Crippen molar-refractivity contribution >= 4 is 11.6 Å². The third-order valence-electron chi connectivity index (χ3n) is 11.7. The quantitative estimate of drug-likeness (QED) is 0.310. The summed E-state index contributed by atoms with van der Waals surface area (Å²) in [7, 11) is 0. The molecule has 0 radical (unpaired) electrons. The molecule has 218 valence electrons. The molecule has 0 aliphatic heterocycles. The molecule has 1 aromatic heterocycles. The second-order valence-corrected chi connectivity index (χ2v) is 15.4. The first kappa shape index (κ1) is 30.4. The minimum absolute atomic E-state index is 0.0449. The zero-order valence-electron chi connectivity index (χ0n) is 26.2. The number of carbonyl (C=O) groups excluding carboxylic acids is 2. The number of nitrogens with zero attached hydrogens (tertiary/aromatic N) is 3. The van der Waals surface area contributed by atoms with Gasteiger partial charge < -0.3 is 4.42 Å². The van der Waals surface area contributed by atoms with E-state index in [1.165, 1.54) is 12.8 Å². The number of fused-ring (bicyclic) bond motifs is 3. The van der Waals surface area contributed by atoms with Crippen LogP contribution in [0.5, 0.6) is 0 Å². The zero-order chi connectivity index (χ0) is 29.8. The van der Waals surface area contributed by atoms with Crippen molar-refractivity contribution in [1.29, 1.82) is 5.26 Å². The molecule has 6 heteroatoms. The van der Waals surface area contributed by atoms with Crippen LogP contribution < -0.4 is 0 Å². The molecule has 40 heavy (non-hydrogen) atoms. The first-order valence-corrected chi connectivity index (χ1v) is 15.2. The van der Waals surface area contributed by atoms with E-state index in [1.807, 2.05) is 26.0 Å². The molecular weight excluding hydrogens is 498 g/mol. The molecule has 0 N–H and O–H groups in total. The maximum absolute atomic E-state index is 13.5. The molecule has 1 heterocycles. The molecule has 0 amide bonds. The highest BCUT2D eigenvalue weighted by Gasteiger charge is 2.63. The van der Waals surface area contributed by atoms with Gasteiger partial charge in [-0.05, 0) is 73.2 Å². The minimum Gasteiger partial charge on any atom is -0.427 e.